The number of Topliss-reactive ketones (excluding diaryl/α,β-unsaturated/α-hetero) is 1. The highest BCUT2D eigenvalue weighted by molar-refractivity contribution is 8.76. The molecular weight excluding hydrogens is 672 g/mol. The first kappa shape index (κ1) is 46.1. The third kappa shape index (κ3) is 33.9. The minimum atomic E-state index is -3.86. The molecule has 0 heterocycles. The molecule has 0 aliphatic carbocycles. The Bertz CT molecular complexity index is 775. The number of amides is 1. The molecule has 0 saturated carbocycles. The molecule has 0 aromatic heterocycles. The van der Waals surface area contributed by atoms with E-state index in [1.807, 2.05) is 21.6 Å². The second-order valence-electron chi connectivity index (χ2n) is 11.5. The van der Waals surface area contributed by atoms with Gasteiger partial charge in [-0.05, 0) is 51.4 Å². The number of hydrogen-bond acceptors (Lipinski definition) is 10. The number of ketones is 1. The first-order valence-electron chi connectivity index (χ1n) is 17.2. The summed E-state index contributed by atoms with van der Waals surface area (Å²) in [7, 11) is -1.48. The van der Waals surface area contributed by atoms with E-state index in [2.05, 4.69) is 14.4 Å². The maximum Gasteiger partial charge on any atom is 0.471 e. The Morgan fingerprint density at radius 1 is 0.543 bits per heavy atom. The fourth-order valence-electron chi connectivity index (χ4n) is 4.55. The highest BCUT2D eigenvalue weighted by atomic mass is 33.1. The van der Waals surface area contributed by atoms with Crippen LogP contribution in [-0.4, -0.2) is 67.0 Å². The van der Waals surface area contributed by atoms with E-state index in [-0.39, 0.29) is 19.1 Å². The van der Waals surface area contributed by atoms with Crippen molar-refractivity contribution in [2.24, 2.45) is 0 Å². The second-order valence-corrected chi connectivity index (χ2v) is 17.3. The minimum Gasteiger partial charge on any atom is -0.356 e. The van der Waals surface area contributed by atoms with Crippen molar-refractivity contribution in [1.29, 1.82) is 0 Å². The molecule has 274 valence electrons. The van der Waals surface area contributed by atoms with Crippen molar-refractivity contribution in [3.63, 3.8) is 0 Å². The lowest BCUT2D eigenvalue weighted by Crippen LogP contribution is -2.23. The van der Waals surface area contributed by atoms with E-state index >= 15 is 0 Å². The van der Waals surface area contributed by atoms with Crippen molar-refractivity contribution in [3.05, 3.63) is 0 Å². The predicted octanol–water partition coefficient (Wildman–Crippen LogP) is 9.16. The fraction of sp³-hybridized carbons (Fsp3) is 0.935. The standard InChI is InChI=1S/C31H63NO10P2S2/c1-39-43(35,36)41-26-18-10-3-6-14-22-30(33)23-15-7-4-12-20-28-45-46-29-21-13-5-8-16-24-31(34)32-25-17-9-11-19-27-42-44(37,38)40-2/h3-29H2,1-2H3,(H,32,34)(H,35,36)(H,37,38). The molecule has 0 saturated heterocycles. The zero-order valence-corrected chi connectivity index (χ0v) is 31.9. The Labute approximate surface area is 286 Å². The number of phosphoric ester groups is 2. The van der Waals surface area contributed by atoms with Gasteiger partial charge in [0.1, 0.15) is 5.78 Å². The van der Waals surface area contributed by atoms with Crippen LogP contribution in [0, 0.1) is 0 Å². The number of carbonyl (C=O) groups excluding carboxylic acids is 2. The molecular formula is C31H63NO10P2S2. The molecule has 0 aromatic rings. The number of nitrogens with one attached hydrogen (secondary N) is 1. The number of phosphoric acid groups is 2. The molecule has 0 bridgehead atoms. The van der Waals surface area contributed by atoms with Crippen molar-refractivity contribution < 1.29 is 46.6 Å². The summed E-state index contributed by atoms with van der Waals surface area (Å²) in [6.07, 6.45) is 21.3. The average Bonchev–Trinajstić information content (AvgIpc) is 3.03. The first-order valence-corrected chi connectivity index (χ1v) is 22.7. The summed E-state index contributed by atoms with van der Waals surface area (Å²) in [5, 5.41) is 2.97. The van der Waals surface area contributed by atoms with E-state index < -0.39 is 15.6 Å². The first-order chi connectivity index (χ1) is 22.1. The van der Waals surface area contributed by atoms with E-state index in [1.165, 1.54) is 50.0 Å². The lowest BCUT2D eigenvalue weighted by molar-refractivity contribution is -0.121. The topological polar surface area (TPSA) is 158 Å². The normalized spacial score (nSPS) is 14.2. The van der Waals surface area contributed by atoms with Gasteiger partial charge >= 0.3 is 15.6 Å². The van der Waals surface area contributed by atoms with Crippen molar-refractivity contribution >= 4 is 48.9 Å². The Hall–Kier alpha value is 0.0600. The summed E-state index contributed by atoms with van der Waals surface area (Å²) < 4.78 is 40.6. The molecule has 0 aliphatic heterocycles. The Morgan fingerprint density at radius 3 is 1.37 bits per heavy atom. The largest absolute Gasteiger partial charge is 0.471 e. The smallest absolute Gasteiger partial charge is 0.356 e. The van der Waals surface area contributed by atoms with Crippen LogP contribution in [0.5, 0.6) is 0 Å². The van der Waals surface area contributed by atoms with Crippen LogP contribution in [-0.2, 0) is 36.8 Å². The van der Waals surface area contributed by atoms with Crippen molar-refractivity contribution in [1.82, 2.24) is 5.32 Å². The van der Waals surface area contributed by atoms with Crippen LogP contribution in [0.2, 0.25) is 0 Å². The van der Waals surface area contributed by atoms with Crippen LogP contribution in [0.3, 0.4) is 0 Å². The van der Waals surface area contributed by atoms with Gasteiger partial charge in [-0.3, -0.25) is 27.7 Å². The molecule has 2 atom stereocenters. The van der Waals surface area contributed by atoms with Crippen molar-refractivity contribution in [3.8, 4) is 0 Å². The number of hydrogen-bond donors (Lipinski definition) is 3. The summed E-state index contributed by atoms with van der Waals surface area (Å²) in [5.74, 6) is 2.86. The monoisotopic (exact) mass is 735 g/mol. The Balaban J connectivity index is 3.28. The molecule has 0 aromatic carbocycles. The van der Waals surface area contributed by atoms with Gasteiger partial charge in [-0.15, -0.1) is 0 Å². The van der Waals surface area contributed by atoms with Crippen LogP contribution in [0.1, 0.15) is 141 Å². The van der Waals surface area contributed by atoms with Gasteiger partial charge in [0, 0.05) is 51.5 Å². The molecule has 0 fully saturated rings. The van der Waals surface area contributed by atoms with E-state index in [1.54, 1.807) is 0 Å². The van der Waals surface area contributed by atoms with Gasteiger partial charge in [0.25, 0.3) is 0 Å². The van der Waals surface area contributed by atoms with Gasteiger partial charge in [0.2, 0.25) is 5.91 Å². The lowest BCUT2D eigenvalue weighted by Gasteiger charge is -2.09. The molecule has 0 rings (SSSR count). The van der Waals surface area contributed by atoms with Gasteiger partial charge in [-0.1, -0.05) is 92.2 Å². The quantitative estimate of drug-likeness (QED) is 0.0319. The molecule has 0 aliphatic rings. The Morgan fingerprint density at radius 2 is 0.913 bits per heavy atom. The van der Waals surface area contributed by atoms with Gasteiger partial charge in [-0.25, -0.2) is 9.13 Å². The number of carbonyl (C=O) groups is 2. The highest BCUT2D eigenvalue weighted by Gasteiger charge is 2.18. The third-order valence-corrected chi connectivity index (χ3v) is 11.9. The maximum absolute atomic E-state index is 12.1. The highest BCUT2D eigenvalue weighted by Crippen LogP contribution is 2.42. The fourth-order valence-corrected chi connectivity index (χ4v) is 7.77. The zero-order valence-electron chi connectivity index (χ0n) is 28.5. The van der Waals surface area contributed by atoms with Crippen LogP contribution in [0.25, 0.3) is 0 Å². The minimum absolute atomic E-state index is 0.121. The summed E-state index contributed by atoms with van der Waals surface area (Å²) >= 11 is 0. The predicted molar refractivity (Wildman–Crippen MR) is 190 cm³/mol. The molecule has 0 radical (unpaired) electrons. The third-order valence-electron chi connectivity index (χ3n) is 7.36. The zero-order chi connectivity index (χ0) is 34.2. The average molecular weight is 736 g/mol. The van der Waals surface area contributed by atoms with Crippen LogP contribution in [0.15, 0.2) is 0 Å². The SMILES string of the molecule is COP(=O)(O)OCCCCCCCC(=O)CCCCCCCSSCCCCCCCC(=O)NCCCCCCOP(=O)(O)OC. The van der Waals surface area contributed by atoms with Gasteiger partial charge in [0.15, 0.2) is 0 Å². The summed E-state index contributed by atoms with van der Waals surface area (Å²) in [5.41, 5.74) is 0. The van der Waals surface area contributed by atoms with Gasteiger partial charge in [0.05, 0.1) is 13.2 Å². The molecule has 0 spiro atoms. The van der Waals surface area contributed by atoms with Gasteiger partial charge < -0.3 is 15.1 Å². The van der Waals surface area contributed by atoms with Crippen molar-refractivity contribution in [2.45, 2.75) is 141 Å². The molecule has 2 unspecified atom stereocenters. The maximum atomic E-state index is 12.1. The van der Waals surface area contributed by atoms with E-state index in [0.717, 1.165) is 84.8 Å². The molecule has 3 N–H and O–H groups in total. The summed E-state index contributed by atoms with van der Waals surface area (Å²) in [6.45, 7) is 1.08. The molecule has 15 heteroatoms. The summed E-state index contributed by atoms with van der Waals surface area (Å²) in [4.78, 5) is 42.3. The summed E-state index contributed by atoms with van der Waals surface area (Å²) in [6, 6.07) is 0. The van der Waals surface area contributed by atoms with Crippen LogP contribution >= 0.6 is 37.2 Å². The van der Waals surface area contributed by atoms with E-state index in [0.29, 0.717) is 44.4 Å². The van der Waals surface area contributed by atoms with Crippen LogP contribution in [0.4, 0.5) is 0 Å². The van der Waals surface area contributed by atoms with Crippen molar-refractivity contribution in [2.75, 3.05) is 45.5 Å². The number of unbranched alkanes of at least 4 members (excludes halogenated alkanes) is 15. The van der Waals surface area contributed by atoms with Crippen LogP contribution < -0.4 is 5.32 Å². The van der Waals surface area contributed by atoms with E-state index in [9.17, 15) is 18.7 Å². The molecule has 46 heavy (non-hydrogen) atoms. The number of rotatable bonds is 36. The molecule has 11 nitrogen and oxygen atoms in total. The molecule has 1 amide bonds. The second kappa shape index (κ2) is 32.3. The lowest BCUT2D eigenvalue weighted by atomic mass is 10.0. The van der Waals surface area contributed by atoms with E-state index in [4.69, 9.17) is 18.8 Å². The van der Waals surface area contributed by atoms with Gasteiger partial charge in [-0.2, -0.15) is 0 Å². The Kier molecular flexibility index (Phi) is 32.3.